The maximum Gasteiger partial charge on any atom is 0.223 e. The van der Waals surface area contributed by atoms with Crippen molar-refractivity contribution < 1.29 is 9.90 Å². The third-order valence-corrected chi connectivity index (χ3v) is 3.68. The van der Waals surface area contributed by atoms with Gasteiger partial charge in [-0.3, -0.25) is 4.79 Å². The molecule has 18 heavy (non-hydrogen) atoms. The zero-order valence-corrected chi connectivity index (χ0v) is 10.8. The lowest BCUT2D eigenvalue weighted by molar-refractivity contribution is -0.126. The van der Waals surface area contributed by atoms with Gasteiger partial charge in [-0.25, -0.2) is 0 Å². The Morgan fingerprint density at radius 3 is 2.61 bits per heavy atom. The van der Waals surface area contributed by atoms with Crippen LogP contribution in [0.15, 0.2) is 30.3 Å². The Bertz CT molecular complexity index is 387. The van der Waals surface area contributed by atoms with Gasteiger partial charge in [0.15, 0.2) is 0 Å². The van der Waals surface area contributed by atoms with E-state index in [1.165, 1.54) is 12.8 Å². The summed E-state index contributed by atoms with van der Waals surface area (Å²) in [4.78, 5) is 12.1. The molecule has 1 amide bonds. The number of nitrogens with one attached hydrogen (secondary N) is 1. The van der Waals surface area contributed by atoms with Crippen molar-refractivity contribution in [2.24, 2.45) is 11.8 Å². The number of carbonyl (C=O) groups excluding carboxylic acids is 1. The van der Waals surface area contributed by atoms with Gasteiger partial charge in [-0.1, -0.05) is 37.3 Å². The number of benzene rings is 1. The van der Waals surface area contributed by atoms with Gasteiger partial charge in [-0.05, 0) is 30.7 Å². The summed E-state index contributed by atoms with van der Waals surface area (Å²) in [7, 11) is 0. The highest BCUT2D eigenvalue weighted by atomic mass is 16.3. The molecule has 2 unspecified atom stereocenters. The predicted molar refractivity (Wildman–Crippen MR) is 70.9 cm³/mol. The van der Waals surface area contributed by atoms with Gasteiger partial charge in [0.25, 0.3) is 0 Å². The molecule has 0 aliphatic heterocycles. The quantitative estimate of drug-likeness (QED) is 0.810. The second-order valence-corrected chi connectivity index (χ2v) is 5.11. The van der Waals surface area contributed by atoms with Crippen LogP contribution in [0, 0.1) is 11.8 Å². The summed E-state index contributed by atoms with van der Waals surface area (Å²) in [6, 6.07) is 9.76. The Kier molecular flexibility index (Phi) is 4.37. The van der Waals surface area contributed by atoms with Crippen LogP contribution in [-0.4, -0.2) is 17.6 Å². The molecule has 2 rings (SSSR count). The van der Waals surface area contributed by atoms with Crippen molar-refractivity contribution in [2.75, 3.05) is 6.61 Å². The molecular weight excluding hydrogens is 226 g/mol. The largest absolute Gasteiger partial charge is 0.396 e. The fourth-order valence-corrected chi connectivity index (χ4v) is 2.25. The highest BCUT2D eigenvalue weighted by Gasteiger charge is 2.33. The molecule has 2 atom stereocenters. The van der Waals surface area contributed by atoms with Gasteiger partial charge in [0.2, 0.25) is 5.91 Å². The van der Waals surface area contributed by atoms with Crippen LogP contribution in [0.1, 0.15) is 37.8 Å². The Morgan fingerprint density at radius 1 is 1.39 bits per heavy atom. The summed E-state index contributed by atoms with van der Waals surface area (Å²) < 4.78 is 0. The summed E-state index contributed by atoms with van der Waals surface area (Å²) in [5, 5.41) is 12.2. The van der Waals surface area contributed by atoms with Gasteiger partial charge in [0.05, 0.1) is 6.04 Å². The first-order chi connectivity index (χ1) is 8.72. The van der Waals surface area contributed by atoms with Crippen molar-refractivity contribution in [3.8, 4) is 0 Å². The number of carbonyl (C=O) groups is 1. The average Bonchev–Trinajstić information content (AvgIpc) is 3.22. The van der Waals surface area contributed by atoms with Crippen molar-refractivity contribution in [1.29, 1.82) is 0 Å². The Labute approximate surface area is 108 Å². The van der Waals surface area contributed by atoms with Crippen molar-refractivity contribution in [3.05, 3.63) is 35.9 Å². The number of amides is 1. The van der Waals surface area contributed by atoms with Crippen LogP contribution in [-0.2, 0) is 4.79 Å². The SMILES string of the molecule is CC(C(=O)NC(CCO)c1ccccc1)C1CC1. The number of aliphatic hydroxyl groups is 1. The maximum atomic E-state index is 12.1. The van der Waals surface area contributed by atoms with Crippen molar-refractivity contribution in [2.45, 2.75) is 32.2 Å². The fraction of sp³-hybridized carbons (Fsp3) is 0.533. The van der Waals surface area contributed by atoms with Crippen LogP contribution in [0.2, 0.25) is 0 Å². The first kappa shape index (κ1) is 13.1. The predicted octanol–water partition coefficient (Wildman–Crippen LogP) is 2.27. The molecule has 0 bridgehead atoms. The van der Waals surface area contributed by atoms with Crippen LogP contribution in [0.25, 0.3) is 0 Å². The minimum Gasteiger partial charge on any atom is -0.396 e. The molecule has 0 aromatic heterocycles. The highest BCUT2D eigenvalue weighted by Crippen LogP contribution is 2.36. The molecule has 3 heteroatoms. The molecule has 0 spiro atoms. The molecule has 1 aromatic carbocycles. The molecule has 1 fully saturated rings. The van der Waals surface area contributed by atoms with E-state index in [-0.39, 0.29) is 24.5 Å². The van der Waals surface area contributed by atoms with E-state index in [9.17, 15) is 4.79 Å². The van der Waals surface area contributed by atoms with Crippen LogP contribution >= 0.6 is 0 Å². The molecule has 0 saturated heterocycles. The second-order valence-electron chi connectivity index (χ2n) is 5.11. The number of hydrogen-bond acceptors (Lipinski definition) is 2. The first-order valence-corrected chi connectivity index (χ1v) is 6.68. The monoisotopic (exact) mass is 247 g/mol. The Morgan fingerprint density at radius 2 is 2.06 bits per heavy atom. The maximum absolute atomic E-state index is 12.1. The van der Waals surface area contributed by atoms with E-state index in [1.54, 1.807) is 0 Å². The van der Waals surface area contributed by atoms with E-state index in [4.69, 9.17) is 5.11 Å². The Hall–Kier alpha value is -1.35. The second kappa shape index (κ2) is 6.01. The number of rotatable bonds is 6. The smallest absolute Gasteiger partial charge is 0.223 e. The van der Waals surface area contributed by atoms with Crippen molar-refractivity contribution in [3.63, 3.8) is 0 Å². The van der Waals surface area contributed by atoms with E-state index in [2.05, 4.69) is 5.32 Å². The summed E-state index contributed by atoms with van der Waals surface area (Å²) in [5.74, 6) is 0.769. The number of aliphatic hydroxyl groups excluding tert-OH is 1. The third kappa shape index (κ3) is 3.33. The van der Waals surface area contributed by atoms with Crippen LogP contribution in [0.3, 0.4) is 0 Å². The molecule has 2 N–H and O–H groups in total. The molecule has 0 heterocycles. The molecule has 98 valence electrons. The normalized spacial score (nSPS) is 18.1. The molecule has 0 radical (unpaired) electrons. The molecule has 1 aromatic rings. The zero-order valence-electron chi connectivity index (χ0n) is 10.8. The van der Waals surface area contributed by atoms with Gasteiger partial charge in [0, 0.05) is 12.5 Å². The van der Waals surface area contributed by atoms with Gasteiger partial charge in [-0.15, -0.1) is 0 Å². The van der Waals surface area contributed by atoms with Gasteiger partial charge in [0.1, 0.15) is 0 Å². The van der Waals surface area contributed by atoms with Crippen LogP contribution in [0.4, 0.5) is 0 Å². The zero-order chi connectivity index (χ0) is 13.0. The molecule has 3 nitrogen and oxygen atoms in total. The van der Waals surface area contributed by atoms with Crippen LogP contribution in [0.5, 0.6) is 0 Å². The molecular formula is C15H21NO2. The fourth-order valence-electron chi connectivity index (χ4n) is 2.25. The van der Waals surface area contributed by atoms with E-state index < -0.39 is 0 Å². The van der Waals surface area contributed by atoms with E-state index in [1.807, 2.05) is 37.3 Å². The minimum atomic E-state index is -0.0788. The lowest BCUT2D eigenvalue weighted by atomic mass is 10.0. The molecule has 1 aliphatic carbocycles. The lowest BCUT2D eigenvalue weighted by Crippen LogP contribution is -2.34. The molecule has 1 aliphatic rings. The van der Waals surface area contributed by atoms with E-state index >= 15 is 0 Å². The summed E-state index contributed by atoms with van der Waals surface area (Å²) in [5.41, 5.74) is 1.06. The molecule has 1 saturated carbocycles. The topological polar surface area (TPSA) is 49.3 Å². The number of hydrogen-bond donors (Lipinski definition) is 2. The summed E-state index contributed by atoms with van der Waals surface area (Å²) in [6.45, 7) is 2.08. The van der Waals surface area contributed by atoms with Crippen LogP contribution < -0.4 is 5.32 Å². The van der Waals surface area contributed by atoms with E-state index in [0.717, 1.165) is 5.56 Å². The first-order valence-electron chi connectivity index (χ1n) is 6.68. The summed E-state index contributed by atoms with van der Waals surface area (Å²) in [6.07, 6.45) is 2.91. The van der Waals surface area contributed by atoms with Gasteiger partial charge in [-0.2, -0.15) is 0 Å². The Balaban J connectivity index is 1.99. The standard InChI is InChI=1S/C15H21NO2/c1-11(12-7-8-12)15(18)16-14(9-10-17)13-5-3-2-4-6-13/h2-6,11-12,14,17H,7-10H2,1H3,(H,16,18). The minimum absolute atomic E-state index is 0.0788. The van der Waals surface area contributed by atoms with Gasteiger partial charge < -0.3 is 10.4 Å². The van der Waals surface area contributed by atoms with Crippen molar-refractivity contribution >= 4 is 5.91 Å². The highest BCUT2D eigenvalue weighted by molar-refractivity contribution is 5.79. The van der Waals surface area contributed by atoms with Crippen molar-refractivity contribution in [1.82, 2.24) is 5.32 Å². The third-order valence-electron chi connectivity index (χ3n) is 3.68. The van der Waals surface area contributed by atoms with Gasteiger partial charge >= 0.3 is 0 Å². The van der Waals surface area contributed by atoms with E-state index in [0.29, 0.717) is 12.3 Å². The lowest BCUT2D eigenvalue weighted by Gasteiger charge is -2.20. The summed E-state index contributed by atoms with van der Waals surface area (Å²) >= 11 is 0. The average molecular weight is 247 g/mol.